The van der Waals surface area contributed by atoms with E-state index in [1.807, 2.05) is 0 Å². The van der Waals surface area contributed by atoms with Crippen LogP contribution in [0, 0.1) is 11.8 Å². The molecule has 2 aliphatic heterocycles. The van der Waals surface area contributed by atoms with E-state index < -0.39 is 36.3 Å². The molecule has 0 spiro atoms. The molecule has 2 aliphatic carbocycles. The maximum absolute atomic E-state index is 13.8. The Morgan fingerprint density at radius 2 is 1.74 bits per heavy atom. The fourth-order valence-corrected chi connectivity index (χ4v) is 6.84. The van der Waals surface area contributed by atoms with Gasteiger partial charge in [0, 0.05) is 30.9 Å². The van der Waals surface area contributed by atoms with Crippen molar-refractivity contribution >= 4 is 11.6 Å². The molecule has 6 rings (SSSR count). The van der Waals surface area contributed by atoms with E-state index in [0.717, 1.165) is 54.0 Å². The number of anilines is 2. The number of rotatable bonds is 6. The lowest BCUT2D eigenvalue weighted by molar-refractivity contribution is -0.166. The number of alkyl halides is 6. The zero-order valence-electron chi connectivity index (χ0n) is 23.4. The highest BCUT2D eigenvalue weighted by atomic mass is 19.4. The number of hydrogen-bond donors (Lipinski definition) is 0. The molecule has 1 fully saturated rings. The zero-order valence-corrected chi connectivity index (χ0v) is 23.4. The van der Waals surface area contributed by atoms with E-state index in [-0.39, 0.29) is 18.1 Å². The first kappa shape index (κ1) is 29.0. The first-order chi connectivity index (χ1) is 20.0. The van der Waals surface area contributed by atoms with Crippen molar-refractivity contribution in [3.63, 3.8) is 0 Å². The second-order valence-corrected chi connectivity index (χ2v) is 11.9. The van der Waals surface area contributed by atoms with Crippen molar-refractivity contribution in [1.82, 2.24) is 20.2 Å². The standard InChI is InChI=1S/C29H34F6N6O/c1-39-37-27(36-38-39)41(15-19-9-22(28(30,31)32)13-23(10-19)29(33,34)35)25-7-4-8-40(14-18-5-2-3-6-18)26-12-21-17-42-16-20(21)11-24(25)26/h9-12,18,22,25H,2-8,13-17H2,1H3/t22?,25-/m0/s1. The molecule has 4 aliphatic rings. The Morgan fingerprint density at radius 1 is 1.00 bits per heavy atom. The van der Waals surface area contributed by atoms with Gasteiger partial charge in [0.15, 0.2) is 0 Å². The van der Waals surface area contributed by atoms with Gasteiger partial charge in [-0.3, -0.25) is 0 Å². The van der Waals surface area contributed by atoms with Crippen LogP contribution in [-0.4, -0.2) is 52.2 Å². The molecule has 2 atom stereocenters. The van der Waals surface area contributed by atoms with Gasteiger partial charge in [-0.15, -0.1) is 5.10 Å². The van der Waals surface area contributed by atoms with E-state index in [1.54, 1.807) is 11.9 Å². The average Bonchev–Trinajstić information content (AvgIpc) is 3.68. The number of aromatic nitrogens is 4. The molecule has 42 heavy (non-hydrogen) atoms. The van der Waals surface area contributed by atoms with Crippen molar-refractivity contribution in [2.75, 3.05) is 29.4 Å². The highest BCUT2D eigenvalue weighted by molar-refractivity contribution is 5.62. The Balaban J connectivity index is 1.42. The number of fused-ring (bicyclic) bond motifs is 2. The van der Waals surface area contributed by atoms with Gasteiger partial charge in [0.05, 0.1) is 32.2 Å². The monoisotopic (exact) mass is 596 g/mol. The summed E-state index contributed by atoms with van der Waals surface area (Å²) >= 11 is 0. The number of ether oxygens (including phenoxy) is 1. The lowest BCUT2D eigenvalue weighted by atomic mass is 9.88. The second kappa shape index (κ2) is 11.2. The van der Waals surface area contributed by atoms with Crippen molar-refractivity contribution in [2.45, 2.75) is 76.6 Å². The van der Waals surface area contributed by atoms with Crippen molar-refractivity contribution in [1.29, 1.82) is 0 Å². The maximum atomic E-state index is 13.8. The third-order valence-corrected chi connectivity index (χ3v) is 8.91. The van der Waals surface area contributed by atoms with Crippen LogP contribution in [0.2, 0.25) is 0 Å². The van der Waals surface area contributed by atoms with Gasteiger partial charge in [-0.2, -0.15) is 31.1 Å². The zero-order chi connectivity index (χ0) is 29.6. The number of tetrazole rings is 1. The fourth-order valence-electron chi connectivity index (χ4n) is 6.84. The molecule has 0 saturated heterocycles. The minimum Gasteiger partial charge on any atom is -0.372 e. The molecule has 0 bridgehead atoms. The maximum Gasteiger partial charge on any atom is 0.412 e. The summed E-state index contributed by atoms with van der Waals surface area (Å²) in [5.41, 5.74) is 2.90. The van der Waals surface area contributed by atoms with Gasteiger partial charge in [0.25, 0.3) is 5.95 Å². The Hall–Kier alpha value is -3.09. The Labute approximate surface area is 240 Å². The smallest absolute Gasteiger partial charge is 0.372 e. The second-order valence-electron chi connectivity index (χ2n) is 11.9. The van der Waals surface area contributed by atoms with Crippen LogP contribution < -0.4 is 9.80 Å². The fraction of sp³-hybridized carbons (Fsp3) is 0.621. The van der Waals surface area contributed by atoms with Gasteiger partial charge in [0.2, 0.25) is 0 Å². The lowest BCUT2D eigenvalue weighted by Gasteiger charge is -2.34. The van der Waals surface area contributed by atoms with Crippen molar-refractivity contribution in [3.8, 4) is 0 Å². The van der Waals surface area contributed by atoms with Crippen LogP contribution in [0.4, 0.5) is 38.0 Å². The summed E-state index contributed by atoms with van der Waals surface area (Å²) in [6.07, 6.45) is -2.81. The van der Waals surface area contributed by atoms with E-state index in [9.17, 15) is 26.3 Å². The molecule has 1 unspecified atom stereocenters. The third kappa shape index (κ3) is 6.02. The van der Waals surface area contributed by atoms with Crippen LogP contribution in [0.1, 0.15) is 67.7 Å². The Morgan fingerprint density at radius 3 is 2.40 bits per heavy atom. The van der Waals surface area contributed by atoms with Crippen molar-refractivity contribution in [2.24, 2.45) is 18.9 Å². The predicted molar refractivity (Wildman–Crippen MR) is 144 cm³/mol. The van der Waals surface area contributed by atoms with Gasteiger partial charge < -0.3 is 14.5 Å². The molecule has 0 amide bonds. The molecule has 0 radical (unpaired) electrons. The highest BCUT2D eigenvalue weighted by Crippen LogP contribution is 2.45. The average molecular weight is 597 g/mol. The van der Waals surface area contributed by atoms with E-state index in [4.69, 9.17) is 4.74 Å². The third-order valence-electron chi connectivity index (χ3n) is 8.91. The summed E-state index contributed by atoms with van der Waals surface area (Å²) < 4.78 is 88.3. The van der Waals surface area contributed by atoms with Crippen LogP contribution in [0.25, 0.3) is 0 Å². The number of aryl methyl sites for hydroxylation is 1. The van der Waals surface area contributed by atoms with E-state index in [2.05, 4.69) is 32.4 Å². The molecule has 13 heteroatoms. The summed E-state index contributed by atoms with van der Waals surface area (Å²) in [5.74, 6) is -1.48. The lowest BCUT2D eigenvalue weighted by Crippen LogP contribution is -2.34. The Bertz CT molecular complexity index is 1360. The molecular formula is C29H34F6N6O. The SMILES string of the molecule is Cn1nnc(N(CC2=CC(C(F)(F)F)CC(C(F)(F)F)=C2)[C@H]2CCCN(CC3CCCC3)c3cc4c(cc32)COC4)n1. The number of halogens is 6. The van der Waals surface area contributed by atoms with Crippen LogP contribution in [0.3, 0.4) is 0 Å². The van der Waals surface area contributed by atoms with Gasteiger partial charge in [-0.05, 0) is 83.7 Å². The molecule has 7 nitrogen and oxygen atoms in total. The number of allylic oxidation sites excluding steroid dienone is 2. The van der Waals surface area contributed by atoms with Gasteiger partial charge in [0.1, 0.15) is 0 Å². The summed E-state index contributed by atoms with van der Waals surface area (Å²) in [5, 5.41) is 12.5. The molecule has 1 aromatic carbocycles. The van der Waals surface area contributed by atoms with Gasteiger partial charge >= 0.3 is 12.4 Å². The number of hydrogen-bond acceptors (Lipinski definition) is 6. The van der Waals surface area contributed by atoms with Crippen LogP contribution >= 0.6 is 0 Å². The van der Waals surface area contributed by atoms with E-state index in [0.29, 0.717) is 25.6 Å². The molecular weight excluding hydrogens is 562 g/mol. The summed E-state index contributed by atoms with van der Waals surface area (Å²) in [7, 11) is 1.57. The first-order valence-electron chi connectivity index (χ1n) is 14.5. The quantitative estimate of drug-likeness (QED) is 0.352. The van der Waals surface area contributed by atoms with Gasteiger partial charge in [-0.25, -0.2) is 0 Å². The molecule has 3 heterocycles. The first-order valence-corrected chi connectivity index (χ1v) is 14.5. The molecule has 2 aromatic rings. The largest absolute Gasteiger partial charge is 0.412 e. The number of nitrogens with zero attached hydrogens (tertiary/aromatic N) is 6. The minimum absolute atomic E-state index is 0.0681. The molecule has 1 aromatic heterocycles. The van der Waals surface area contributed by atoms with E-state index >= 15 is 0 Å². The van der Waals surface area contributed by atoms with Crippen LogP contribution in [0.5, 0.6) is 0 Å². The van der Waals surface area contributed by atoms with E-state index in [1.165, 1.54) is 30.5 Å². The number of benzene rings is 1. The predicted octanol–water partition coefficient (Wildman–Crippen LogP) is 6.58. The summed E-state index contributed by atoms with van der Waals surface area (Å²) in [6, 6.07) is 3.87. The Kier molecular flexibility index (Phi) is 7.73. The highest BCUT2D eigenvalue weighted by Gasteiger charge is 2.46. The molecule has 228 valence electrons. The minimum atomic E-state index is -4.87. The topological polar surface area (TPSA) is 59.3 Å². The summed E-state index contributed by atoms with van der Waals surface area (Å²) in [4.78, 5) is 5.38. The van der Waals surface area contributed by atoms with Crippen LogP contribution in [-0.2, 0) is 25.0 Å². The van der Waals surface area contributed by atoms with Crippen molar-refractivity contribution in [3.05, 3.63) is 52.1 Å². The normalized spacial score (nSPS) is 23.4. The van der Waals surface area contributed by atoms with Crippen molar-refractivity contribution < 1.29 is 31.1 Å². The molecule has 1 saturated carbocycles. The van der Waals surface area contributed by atoms with Crippen LogP contribution in [0.15, 0.2) is 35.4 Å². The van der Waals surface area contributed by atoms with Gasteiger partial charge in [-0.1, -0.05) is 24.0 Å². The summed E-state index contributed by atoms with van der Waals surface area (Å²) in [6.45, 7) is 2.46. The molecule has 0 N–H and O–H groups in total.